The first kappa shape index (κ1) is 13.6. The van der Waals surface area contributed by atoms with Crippen molar-refractivity contribution < 1.29 is 9.63 Å². The lowest BCUT2D eigenvalue weighted by Crippen LogP contribution is -2.24. The quantitative estimate of drug-likeness (QED) is 0.381. The molecule has 2 aromatic rings. The highest BCUT2D eigenvalue weighted by Crippen LogP contribution is 2.25. The molecule has 0 atom stereocenters. The van der Waals surface area contributed by atoms with E-state index >= 15 is 0 Å². The van der Waals surface area contributed by atoms with Gasteiger partial charge in [-0.2, -0.15) is 0 Å². The molecule has 20 heavy (non-hydrogen) atoms. The predicted octanol–water partition coefficient (Wildman–Crippen LogP) is 1.55. The molecule has 2 aromatic carbocycles. The minimum atomic E-state index is -0.569. The maximum absolute atomic E-state index is 12.2. The van der Waals surface area contributed by atoms with Gasteiger partial charge in [0.2, 0.25) is 5.96 Å². The van der Waals surface area contributed by atoms with E-state index in [9.17, 15) is 4.79 Å². The fraction of sp³-hybridized carbons (Fsp3) is 0.0667. The summed E-state index contributed by atoms with van der Waals surface area (Å²) in [7, 11) is 0. The smallest absolute Gasteiger partial charge is 0.346 e. The third kappa shape index (κ3) is 3.35. The first-order valence-electron chi connectivity index (χ1n) is 6.08. The number of carbonyl (C=O) groups is 1. The van der Waals surface area contributed by atoms with Crippen molar-refractivity contribution in [3.63, 3.8) is 0 Å². The summed E-state index contributed by atoms with van der Waals surface area (Å²) in [6.07, 6.45) is 0. The Balaban J connectivity index is 2.35. The molecule has 0 saturated carbocycles. The first-order valence-corrected chi connectivity index (χ1v) is 6.08. The van der Waals surface area contributed by atoms with Crippen molar-refractivity contribution in [2.24, 2.45) is 16.6 Å². The molecule has 5 heteroatoms. The van der Waals surface area contributed by atoms with Gasteiger partial charge in [0, 0.05) is 0 Å². The van der Waals surface area contributed by atoms with Crippen LogP contribution in [0.1, 0.15) is 17.0 Å². The fourth-order valence-electron chi connectivity index (χ4n) is 1.91. The number of hydrogen-bond donors (Lipinski definition) is 2. The number of oxime groups is 1. The summed E-state index contributed by atoms with van der Waals surface area (Å²) in [5.74, 6) is -1.39. The molecule has 0 amide bonds. The molecule has 0 spiro atoms. The highest BCUT2D eigenvalue weighted by Gasteiger charge is 2.24. The molecule has 2 rings (SSSR count). The summed E-state index contributed by atoms with van der Waals surface area (Å²) >= 11 is 0. The molecule has 0 aromatic heterocycles. The van der Waals surface area contributed by atoms with Gasteiger partial charge in [0.1, 0.15) is 5.92 Å². The second kappa shape index (κ2) is 6.38. The second-order valence-electron chi connectivity index (χ2n) is 4.18. The Morgan fingerprint density at radius 2 is 1.35 bits per heavy atom. The Kier molecular flexibility index (Phi) is 4.34. The SMILES string of the molecule is NC(N)=NOC(=O)C(c1ccccc1)c1ccccc1. The number of benzene rings is 2. The van der Waals surface area contributed by atoms with E-state index in [1.165, 1.54) is 0 Å². The Labute approximate surface area is 116 Å². The molecule has 0 aliphatic carbocycles. The van der Waals surface area contributed by atoms with Gasteiger partial charge in [-0.1, -0.05) is 60.7 Å². The highest BCUT2D eigenvalue weighted by molar-refractivity contribution is 5.83. The van der Waals surface area contributed by atoms with E-state index in [4.69, 9.17) is 16.3 Å². The van der Waals surface area contributed by atoms with Crippen LogP contribution in [0, 0.1) is 0 Å². The predicted molar refractivity (Wildman–Crippen MR) is 76.6 cm³/mol. The molecule has 0 unspecified atom stereocenters. The summed E-state index contributed by atoms with van der Waals surface area (Å²) in [5.41, 5.74) is 12.0. The lowest BCUT2D eigenvalue weighted by atomic mass is 9.91. The zero-order valence-electron chi connectivity index (χ0n) is 10.8. The van der Waals surface area contributed by atoms with Crippen LogP contribution >= 0.6 is 0 Å². The minimum Gasteiger partial charge on any atom is -0.367 e. The number of carbonyl (C=O) groups excluding carboxylic acids is 1. The summed E-state index contributed by atoms with van der Waals surface area (Å²) in [6.45, 7) is 0. The van der Waals surface area contributed by atoms with Gasteiger partial charge in [0.05, 0.1) is 0 Å². The third-order valence-electron chi connectivity index (χ3n) is 2.74. The van der Waals surface area contributed by atoms with Crippen LogP contribution in [0.25, 0.3) is 0 Å². The van der Waals surface area contributed by atoms with Crippen LogP contribution < -0.4 is 11.5 Å². The molecular weight excluding hydrogens is 254 g/mol. The Bertz CT molecular complexity index is 554. The van der Waals surface area contributed by atoms with Gasteiger partial charge in [-0.15, -0.1) is 0 Å². The summed E-state index contributed by atoms with van der Waals surface area (Å²) in [4.78, 5) is 17.0. The van der Waals surface area contributed by atoms with E-state index in [2.05, 4.69) is 5.16 Å². The standard InChI is InChI=1S/C15H15N3O2/c16-15(17)18-20-14(19)13(11-7-3-1-4-8-11)12-9-5-2-6-10-12/h1-10,13H,(H4,16,17,18). The lowest BCUT2D eigenvalue weighted by Gasteiger charge is -2.14. The first-order chi connectivity index (χ1) is 9.68. The van der Waals surface area contributed by atoms with Crippen LogP contribution in [0.15, 0.2) is 65.8 Å². The average Bonchev–Trinajstić information content (AvgIpc) is 2.48. The molecule has 0 aliphatic rings. The second-order valence-corrected chi connectivity index (χ2v) is 4.18. The number of rotatable bonds is 4. The molecule has 0 saturated heterocycles. The van der Waals surface area contributed by atoms with E-state index in [0.29, 0.717) is 0 Å². The monoisotopic (exact) mass is 269 g/mol. The number of hydrogen-bond acceptors (Lipinski definition) is 3. The number of nitrogens with two attached hydrogens (primary N) is 2. The van der Waals surface area contributed by atoms with E-state index in [-0.39, 0.29) is 5.96 Å². The van der Waals surface area contributed by atoms with Gasteiger partial charge >= 0.3 is 5.97 Å². The van der Waals surface area contributed by atoms with Crippen molar-refractivity contribution in [3.8, 4) is 0 Å². The van der Waals surface area contributed by atoms with Crippen LogP contribution in [0.4, 0.5) is 0 Å². The average molecular weight is 269 g/mol. The van der Waals surface area contributed by atoms with Crippen molar-refractivity contribution in [3.05, 3.63) is 71.8 Å². The van der Waals surface area contributed by atoms with Crippen LogP contribution in [-0.2, 0) is 9.63 Å². The molecule has 0 bridgehead atoms. The maximum atomic E-state index is 12.2. The normalized spacial score (nSPS) is 10.1. The maximum Gasteiger partial charge on any atom is 0.346 e. The van der Waals surface area contributed by atoms with Crippen molar-refractivity contribution in [2.45, 2.75) is 5.92 Å². The molecule has 0 fully saturated rings. The molecule has 102 valence electrons. The van der Waals surface area contributed by atoms with Crippen LogP contribution in [0.5, 0.6) is 0 Å². The minimum absolute atomic E-state index is 0.293. The molecule has 0 radical (unpaired) electrons. The zero-order valence-corrected chi connectivity index (χ0v) is 10.8. The number of nitrogens with zero attached hydrogens (tertiary/aromatic N) is 1. The summed E-state index contributed by atoms with van der Waals surface area (Å²) in [5, 5.41) is 3.32. The van der Waals surface area contributed by atoms with Crippen LogP contribution in [0.3, 0.4) is 0 Å². The van der Waals surface area contributed by atoms with E-state index < -0.39 is 11.9 Å². The van der Waals surface area contributed by atoms with E-state index in [1.807, 2.05) is 60.7 Å². The molecule has 0 aliphatic heterocycles. The molecule has 0 heterocycles. The molecule has 4 N–H and O–H groups in total. The van der Waals surface area contributed by atoms with Gasteiger partial charge in [-0.25, -0.2) is 4.79 Å². The van der Waals surface area contributed by atoms with E-state index in [1.54, 1.807) is 0 Å². The largest absolute Gasteiger partial charge is 0.367 e. The zero-order chi connectivity index (χ0) is 14.4. The van der Waals surface area contributed by atoms with Crippen LogP contribution in [-0.4, -0.2) is 11.9 Å². The van der Waals surface area contributed by atoms with Gasteiger partial charge in [-0.05, 0) is 16.3 Å². The summed E-state index contributed by atoms with van der Waals surface area (Å²) in [6, 6.07) is 18.6. The molecular formula is C15H15N3O2. The summed E-state index contributed by atoms with van der Waals surface area (Å²) < 4.78 is 0. The van der Waals surface area contributed by atoms with E-state index in [0.717, 1.165) is 11.1 Å². The topological polar surface area (TPSA) is 90.7 Å². The van der Waals surface area contributed by atoms with Crippen molar-refractivity contribution in [1.82, 2.24) is 0 Å². The van der Waals surface area contributed by atoms with Crippen molar-refractivity contribution in [1.29, 1.82) is 0 Å². The third-order valence-corrected chi connectivity index (χ3v) is 2.74. The Morgan fingerprint density at radius 1 is 0.900 bits per heavy atom. The van der Waals surface area contributed by atoms with Gasteiger partial charge in [0.25, 0.3) is 0 Å². The molecule has 5 nitrogen and oxygen atoms in total. The van der Waals surface area contributed by atoms with Crippen molar-refractivity contribution in [2.75, 3.05) is 0 Å². The van der Waals surface area contributed by atoms with Crippen LogP contribution in [0.2, 0.25) is 0 Å². The van der Waals surface area contributed by atoms with Gasteiger partial charge in [-0.3, -0.25) is 0 Å². The highest BCUT2D eigenvalue weighted by atomic mass is 16.7. The fourth-order valence-corrected chi connectivity index (χ4v) is 1.91. The van der Waals surface area contributed by atoms with Crippen molar-refractivity contribution >= 4 is 11.9 Å². The lowest BCUT2D eigenvalue weighted by molar-refractivity contribution is -0.144. The van der Waals surface area contributed by atoms with Gasteiger partial charge in [0.15, 0.2) is 0 Å². The van der Waals surface area contributed by atoms with Gasteiger partial charge < -0.3 is 16.3 Å². The number of guanidine groups is 1. The Hall–Kier alpha value is -2.82. The Morgan fingerprint density at radius 3 is 1.75 bits per heavy atom.